The average Bonchev–Trinajstić information content (AvgIpc) is 2.42. The predicted molar refractivity (Wildman–Crippen MR) is 75.2 cm³/mol. The second kappa shape index (κ2) is 5.48. The summed E-state index contributed by atoms with van der Waals surface area (Å²) in [6.07, 6.45) is 0.794. The number of nitrogens with two attached hydrogens (primary N) is 1. The highest BCUT2D eigenvalue weighted by Crippen LogP contribution is 2.15. The van der Waals surface area contributed by atoms with Gasteiger partial charge in [0.05, 0.1) is 11.3 Å². The summed E-state index contributed by atoms with van der Waals surface area (Å²) >= 11 is 0. The molecule has 0 fully saturated rings. The van der Waals surface area contributed by atoms with Gasteiger partial charge in [0.15, 0.2) is 0 Å². The van der Waals surface area contributed by atoms with Gasteiger partial charge in [0.1, 0.15) is 5.84 Å². The molecule has 5 heteroatoms. The van der Waals surface area contributed by atoms with Gasteiger partial charge in [-0.3, -0.25) is 10.2 Å². The molecule has 2 rings (SSSR count). The lowest BCUT2D eigenvalue weighted by atomic mass is 10.1. The first-order valence-corrected chi connectivity index (χ1v) is 6.15. The molecule has 0 aliphatic heterocycles. The molecule has 0 bridgehead atoms. The van der Waals surface area contributed by atoms with E-state index in [0.717, 1.165) is 12.0 Å². The Balaban J connectivity index is 2.63. The molecule has 2 aromatic rings. The lowest BCUT2D eigenvalue weighted by molar-refractivity contribution is 0.569. The van der Waals surface area contributed by atoms with Crippen LogP contribution < -0.4 is 11.3 Å². The highest BCUT2D eigenvalue weighted by atomic mass is 16.1. The van der Waals surface area contributed by atoms with Gasteiger partial charge in [-0.1, -0.05) is 37.3 Å². The molecule has 1 aromatic carbocycles. The molecule has 0 saturated carbocycles. The Labute approximate surface area is 111 Å². The monoisotopic (exact) mass is 256 g/mol. The fraction of sp³-hybridized carbons (Fsp3) is 0.214. The van der Waals surface area contributed by atoms with E-state index in [9.17, 15) is 4.79 Å². The van der Waals surface area contributed by atoms with E-state index >= 15 is 0 Å². The van der Waals surface area contributed by atoms with E-state index in [0.29, 0.717) is 12.2 Å². The molecule has 0 unspecified atom stereocenters. The van der Waals surface area contributed by atoms with Crippen molar-refractivity contribution in [1.82, 2.24) is 9.78 Å². The van der Waals surface area contributed by atoms with Gasteiger partial charge in [0, 0.05) is 12.1 Å². The standard InChI is InChI=1S/C14H16N4O/c1-2-8-18-14(19)11(13(15)16)9-12(17-18)10-6-4-3-5-7-10/h3-7,9H,2,8H2,1H3,(H3,15,16). The van der Waals surface area contributed by atoms with E-state index in [-0.39, 0.29) is 17.0 Å². The van der Waals surface area contributed by atoms with Gasteiger partial charge < -0.3 is 5.73 Å². The zero-order valence-electron chi connectivity index (χ0n) is 10.8. The summed E-state index contributed by atoms with van der Waals surface area (Å²) in [6.45, 7) is 2.48. The number of aryl methyl sites for hydroxylation is 1. The summed E-state index contributed by atoms with van der Waals surface area (Å²) in [5.74, 6) is -0.227. The van der Waals surface area contributed by atoms with Crippen molar-refractivity contribution >= 4 is 5.84 Å². The Kier molecular flexibility index (Phi) is 3.75. The first kappa shape index (κ1) is 13.0. The van der Waals surface area contributed by atoms with Crippen LogP contribution in [0.5, 0.6) is 0 Å². The molecule has 0 aliphatic carbocycles. The van der Waals surface area contributed by atoms with Crippen LogP contribution in [0.15, 0.2) is 41.2 Å². The number of nitrogens with zero attached hydrogens (tertiary/aromatic N) is 2. The normalized spacial score (nSPS) is 10.4. The van der Waals surface area contributed by atoms with E-state index in [1.807, 2.05) is 37.3 Å². The van der Waals surface area contributed by atoms with Gasteiger partial charge in [0.2, 0.25) is 0 Å². The Bertz CT molecular complexity index is 646. The van der Waals surface area contributed by atoms with Crippen molar-refractivity contribution in [3.8, 4) is 11.3 Å². The Hall–Kier alpha value is -2.43. The first-order valence-electron chi connectivity index (χ1n) is 6.15. The quantitative estimate of drug-likeness (QED) is 0.643. The first-order chi connectivity index (χ1) is 9.13. The molecule has 0 radical (unpaired) electrons. The molecule has 98 valence electrons. The molecule has 0 atom stereocenters. The molecule has 1 heterocycles. The van der Waals surface area contributed by atoms with Crippen LogP contribution in [0.4, 0.5) is 0 Å². The number of rotatable bonds is 4. The van der Waals surface area contributed by atoms with Crippen LogP contribution in [0.3, 0.4) is 0 Å². The SMILES string of the molecule is CCCn1nc(-c2ccccc2)cc(C(=N)N)c1=O. The number of amidine groups is 1. The largest absolute Gasteiger partial charge is 0.384 e. The van der Waals surface area contributed by atoms with Gasteiger partial charge in [-0.15, -0.1) is 0 Å². The fourth-order valence-corrected chi connectivity index (χ4v) is 1.85. The molecule has 1 aromatic heterocycles. The molecule has 0 saturated heterocycles. The lowest BCUT2D eigenvalue weighted by Crippen LogP contribution is -2.31. The Morgan fingerprint density at radius 2 is 2.05 bits per heavy atom. The maximum absolute atomic E-state index is 12.1. The third kappa shape index (κ3) is 2.70. The number of hydrogen-bond acceptors (Lipinski definition) is 3. The van der Waals surface area contributed by atoms with Crippen LogP contribution in [0.1, 0.15) is 18.9 Å². The Morgan fingerprint density at radius 1 is 1.37 bits per heavy atom. The maximum atomic E-state index is 12.1. The lowest BCUT2D eigenvalue weighted by Gasteiger charge is -2.09. The van der Waals surface area contributed by atoms with Crippen molar-refractivity contribution in [1.29, 1.82) is 5.41 Å². The zero-order chi connectivity index (χ0) is 13.8. The van der Waals surface area contributed by atoms with Crippen molar-refractivity contribution in [2.75, 3.05) is 0 Å². The van der Waals surface area contributed by atoms with Crippen LogP contribution in [0.25, 0.3) is 11.3 Å². The van der Waals surface area contributed by atoms with Crippen LogP contribution in [0.2, 0.25) is 0 Å². The van der Waals surface area contributed by atoms with Crippen molar-refractivity contribution in [2.24, 2.45) is 5.73 Å². The van der Waals surface area contributed by atoms with Crippen molar-refractivity contribution < 1.29 is 0 Å². The number of aromatic nitrogens is 2. The van der Waals surface area contributed by atoms with Crippen LogP contribution >= 0.6 is 0 Å². The number of benzene rings is 1. The van der Waals surface area contributed by atoms with Crippen LogP contribution in [0, 0.1) is 5.41 Å². The van der Waals surface area contributed by atoms with Gasteiger partial charge in [-0.05, 0) is 12.5 Å². The minimum Gasteiger partial charge on any atom is -0.384 e. The van der Waals surface area contributed by atoms with Gasteiger partial charge >= 0.3 is 0 Å². The summed E-state index contributed by atoms with van der Waals surface area (Å²) in [4.78, 5) is 12.1. The van der Waals surface area contributed by atoms with E-state index < -0.39 is 0 Å². The third-order valence-electron chi connectivity index (χ3n) is 2.77. The average molecular weight is 256 g/mol. The second-order valence-corrected chi connectivity index (χ2v) is 4.25. The molecule has 3 N–H and O–H groups in total. The zero-order valence-corrected chi connectivity index (χ0v) is 10.8. The summed E-state index contributed by atoms with van der Waals surface area (Å²) in [5.41, 5.74) is 6.90. The van der Waals surface area contributed by atoms with Gasteiger partial charge in [-0.25, -0.2) is 4.68 Å². The topological polar surface area (TPSA) is 84.8 Å². The second-order valence-electron chi connectivity index (χ2n) is 4.25. The van der Waals surface area contributed by atoms with E-state index in [1.54, 1.807) is 6.07 Å². The van der Waals surface area contributed by atoms with Crippen molar-refractivity contribution in [3.05, 3.63) is 52.3 Å². The highest BCUT2D eigenvalue weighted by molar-refractivity contribution is 5.95. The molecule has 0 amide bonds. The number of nitrogen functional groups attached to an aromatic ring is 1. The summed E-state index contributed by atoms with van der Waals surface area (Å²) < 4.78 is 1.37. The van der Waals surface area contributed by atoms with Crippen LogP contribution in [-0.4, -0.2) is 15.6 Å². The van der Waals surface area contributed by atoms with Crippen molar-refractivity contribution in [3.63, 3.8) is 0 Å². The van der Waals surface area contributed by atoms with Crippen LogP contribution in [-0.2, 0) is 6.54 Å². The molecular formula is C14H16N4O. The highest BCUT2D eigenvalue weighted by Gasteiger charge is 2.11. The molecule has 19 heavy (non-hydrogen) atoms. The van der Waals surface area contributed by atoms with Crippen molar-refractivity contribution in [2.45, 2.75) is 19.9 Å². The predicted octanol–water partition coefficient (Wildman–Crippen LogP) is 1.60. The van der Waals surface area contributed by atoms with Gasteiger partial charge in [0.25, 0.3) is 5.56 Å². The maximum Gasteiger partial charge on any atom is 0.277 e. The smallest absolute Gasteiger partial charge is 0.277 e. The third-order valence-corrected chi connectivity index (χ3v) is 2.77. The van der Waals surface area contributed by atoms with E-state index in [2.05, 4.69) is 5.10 Å². The molecular weight excluding hydrogens is 240 g/mol. The summed E-state index contributed by atoms with van der Waals surface area (Å²) in [7, 11) is 0. The Morgan fingerprint density at radius 3 is 2.63 bits per heavy atom. The minimum atomic E-state index is -0.311. The molecule has 5 nitrogen and oxygen atoms in total. The van der Waals surface area contributed by atoms with Gasteiger partial charge in [-0.2, -0.15) is 5.10 Å². The van der Waals surface area contributed by atoms with E-state index in [4.69, 9.17) is 11.1 Å². The summed E-state index contributed by atoms with van der Waals surface area (Å²) in [5, 5.41) is 11.8. The summed E-state index contributed by atoms with van der Waals surface area (Å²) in [6, 6.07) is 11.1. The number of hydrogen-bond donors (Lipinski definition) is 2. The number of nitrogens with one attached hydrogen (secondary N) is 1. The van der Waals surface area contributed by atoms with E-state index in [1.165, 1.54) is 4.68 Å². The fourth-order valence-electron chi connectivity index (χ4n) is 1.85. The molecule has 0 aliphatic rings. The molecule has 0 spiro atoms. The minimum absolute atomic E-state index is 0.197.